The van der Waals surface area contributed by atoms with Crippen molar-refractivity contribution in [2.45, 2.75) is 38.8 Å². The third-order valence-electron chi connectivity index (χ3n) is 1.61. The van der Waals surface area contributed by atoms with Gasteiger partial charge in [0.1, 0.15) is 0 Å². The van der Waals surface area contributed by atoms with Gasteiger partial charge in [-0.05, 0) is 27.2 Å². The van der Waals surface area contributed by atoms with Gasteiger partial charge in [0.2, 0.25) is 5.91 Å². The van der Waals surface area contributed by atoms with Gasteiger partial charge in [0.05, 0.1) is 11.6 Å². The highest BCUT2D eigenvalue weighted by Gasteiger charge is 2.23. The van der Waals surface area contributed by atoms with Gasteiger partial charge in [0.15, 0.2) is 0 Å². The Morgan fingerprint density at radius 3 is 2.42 bits per heavy atom. The Balaban J connectivity index is 3.95. The highest BCUT2D eigenvalue weighted by atomic mass is 16.5. The maximum absolute atomic E-state index is 10.6. The molecule has 1 amide bonds. The molecule has 1 atom stereocenters. The quantitative estimate of drug-likeness (QED) is 0.616. The summed E-state index contributed by atoms with van der Waals surface area (Å²) >= 11 is 0. The Bertz CT molecular complexity index is 157. The molecule has 4 N–H and O–H groups in total. The van der Waals surface area contributed by atoms with Gasteiger partial charge in [0.25, 0.3) is 0 Å². The van der Waals surface area contributed by atoms with Gasteiger partial charge >= 0.3 is 0 Å². The molecule has 0 aromatic heterocycles. The topological polar surface area (TPSA) is 78.3 Å². The van der Waals surface area contributed by atoms with Crippen molar-refractivity contribution < 1.29 is 9.53 Å². The molecule has 0 spiro atoms. The average molecular weight is 174 g/mol. The van der Waals surface area contributed by atoms with E-state index in [1.165, 1.54) is 0 Å². The molecule has 0 radical (unpaired) electrons. The normalized spacial score (nSPS) is 14.3. The summed E-state index contributed by atoms with van der Waals surface area (Å²) in [4.78, 5) is 10.6. The van der Waals surface area contributed by atoms with Crippen LogP contribution in [0, 0.1) is 0 Å². The molecule has 0 aromatic rings. The molecule has 0 saturated heterocycles. The minimum atomic E-state index is -0.619. The Hall–Kier alpha value is -0.610. The van der Waals surface area contributed by atoms with E-state index < -0.39 is 11.9 Å². The number of amides is 1. The molecule has 1 unspecified atom stereocenters. The second-order valence-corrected chi connectivity index (χ2v) is 3.41. The summed E-state index contributed by atoms with van der Waals surface area (Å²) < 4.78 is 5.36. The lowest BCUT2D eigenvalue weighted by Crippen LogP contribution is -2.43. The van der Waals surface area contributed by atoms with E-state index in [2.05, 4.69) is 0 Å². The van der Waals surface area contributed by atoms with Gasteiger partial charge in [-0.3, -0.25) is 4.79 Å². The molecule has 0 rings (SSSR count). The summed E-state index contributed by atoms with van der Waals surface area (Å²) in [5.74, 6) is -0.484. The Kier molecular flexibility index (Phi) is 4.20. The summed E-state index contributed by atoms with van der Waals surface area (Å²) in [7, 11) is 0. The van der Waals surface area contributed by atoms with E-state index in [0.717, 1.165) is 0 Å². The minimum absolute atomic E-state index is 0.372. The van der Waals surface area contributed by atoms with Crippen LogP contribution < -0.4 is 11.5 Å². The van der Waals surface area contributed by atoms with Crippen LogP contribution in [-0.2, 0) is 9.53 Å². The van der Waals surface area contributed by atoms with Crippen molar-refractivity contribution in [2.75, 3.05) is 6.61 Å². The first kappa shape index (κ1) is 11.4. The second kappa shape index (κ2) is 4.42. The molecule has 0 aromatic carbocycles. The van der Waals surface area contributed by atoms with Crippen LogP contribution in [0.3, 0.4) is 0 Å². The lowest BCUT2D eigenvalue weighted by molar-refractivity contribution is -0.121. The number of carbonyl (C=O) groups excluding carboxylic acids is 1. The van der Waals surface area contributed by atoms with Crippen LogP contribution in [0.15, 0.2) is 0 Å². The average Bonchev–Trinajstić information content (AvgIpc) is 1.85. The predicted molar refractivity (Wildman–Crippen MR) is 47.5 cm³/mol. The van der Waals surface area contributed by atoms with Crippen LogP contribution in [0.25, 0.3) is 0 Å². The third kappa shape index (κ3) is 4.31. The van der Waals surface area contributed by atoms with Crippen molar-refractivity contribution in [1.29, 1.82) is 0 Å². The number of nitrogens with two attached hydrogens (primary N) is 2. The molecule has 4 nitrogen and oxygen atoms in total. The van der Waals surface area contributed by atoms with E-state index in [1.807, 2.05) is 20.8 Å². The first-order valence-electron chi connectivity index (χ1n) is 4.08. The fourth-order valence-corrected chi connectivity index (χ4v) is 1.08. The van der Waals surface area contributed by atoms with Crippen LogP contribution in [-0.4, -0.2) is 24.2 Å². The van der Waals surface area contributed by atoms with Crippen LogP contribution in [0.2, 0.25) is 0 Å². The Morgan fingerprint density at radius 1 is 1.58 bits per heavy atom. The summed E-state index contributed by atoms with van der Waals surface area (Å²) in [5.41, 5.74) is 10.1. The fourth-order valence-electron chi connectivity index (χ4n) is 1.08. The van der Waals surface area contributed by atoms with E-state index in [1.54, 1.807) is 0 Å². The number of hydrogen-bond acceptors (Lipinski definition) is 3. The van der Waals surface area contributed by atoms with Crippen LogP contribution in [0.4, 0.5) is 0 Å². The van der Waals surface area contributed by atoms with Gasteiger partial charge in [-0.25, -0.2) is 0 Å². The highest BCUT2D eigenvalue weighted by Crippen LogP contribution is 2.15. The zero-order valence-corrected chi connectivity index (χ0v) is 7.96. The fraction of sp³-hybridized carbons (Fsp3) is 0.875. The molecular formula is C8H18N2O2. The SMILES string of the molecule is CCOC(C)(C)CC(N)C(N)=O. The van der Waals surface area contributed by atoms with Gasteiger partial charge < -0.3 is 16.2 Å². The van der Waals surface area contributed by atoms with E-state index in [4.69, 9.17) is 16.2 Å². The van der Waals surface area contributed by atoms with Gasteiger partial charge in [-0.1, -0.05) is 0 Å². The smallest absolute Gasteiger partial charge is 0.234 e. The maximum atomic E-state index is 10.6. The van der Waals surface area contributed by atoms with E-state index in [9.17, 15) is 4.79 Å². The van der Waals surface area contributed by atoms with E-state index in [0.29, 0.717) is 13.0 Å². The van der Waals surface area contributed by atoms with Crippen molar-refractivity contribution in [3.05, 3.63) is 0 Å². The Morgan fingerprint density at radius 2 is 2.08 bits per heavy atom. The standard InChI is InChI=1S/C8H18N2O2/c1-4-12-8(2,3)5-6(9)7(10)11/h6H,4-5,9H2,1-3H3,(H2,10,11). The van der Waals surface area contributed by atoms with Crippen LogP contribution >= 0.6 is 0 Å². The number of rotatable bonds is 5. The second-order valence-electron chi connectivity index (χ2n) is 3.41. The van der Waals surface area contributed by atoms with Gasteiger partial charge in [-0.2, -0.15) is 0 Å². The number of primary amides is 1. The summed E-state index contributed by atoms with van der Waals surface area (Å²) in [5, 5.41) is 0. The predicted octanol–water partition coefficient (Wildman–Crippen LogP) is 0.00420. The molecule has 0 saturated carbocycles. The molecule has 72 valence electrons. The van der Waals surface area contributed by atoms with Crippen molar-refractivity contribution in [2.24, 2.45) is 11.5 Å². The third-order valence-corrected chi connectivity index (χ3v) is 1.61. The highest BCUT2D eigenvalue weighted by molar-refractivity contribution is 5.79. The van der Waals surface area contributed by atoms with Gasteiger partial charge in [0, 0.05) is 6.61 Å². The molecule has 12 heavy (non-hydrogen) atoms. The zero-order valence-electron chi connectivity index (χ0n) is 7.96. The van der Waals surface area contributed by atoms with Crippen molar-refractivity contribution in [1.82, 2.24) is 0 Å². The molecule has 0 aliphatic heterocycles. The number of ether oxygens (including phenoxy) is 1. The van der Waals surface area contributed by atoms with E-state index in [-0.39, 0.29) is 5.60 Å². The number of carbonyl (C=O) groups is 1. The summed E-state index contributed by atoms with van der Waals surface area (Å²) in [6.07, 6.45) is 0.455. The van der Waals surface area contributed by atoms with Gasteiger partial charge in [-0.15, -0.1) is 0 Å². The molecular weight excluding hydrogens is 156 g/mol. The molecule has 0 fully saturated rings. The molecule has 0 heterocycles. The molecule has 0 aliphatic rings. The first-order chi connectivity index (χ1) is 5.39. The minimum Gasteiger partial charge on any atom is -0.376 e. The first-order valence-corrected chi connectivity index (χ1v) is 4.08. The van der Waals surface area contributed by atoms with Crippen molar-refractivity contribution in [3.63, 3.8) is 0 Å². The largest absolute Gasteiger partial charge is 0.376 e. The molecule has 0 aliphatic carbocycles. The van der Waals surface area contributed by atoms with Crippen LogP contribution in [0.1, 0.15) is 27.2 Å². The lowest BCUT2D eigenvalue weighted by Gasteiger charge is -2.26. The lowest BCUT2D eigenvalue weighted by atomic mass is 9.99. The summed E-state index contributed by atoms with van der Waals surface area (Å²) in [6, 6.07) is -0.619. The van der Waals surface area contributed by atoms with Crippen molar-refractivity contribution in [3.8, 4) is 0 Å². The molecule has 4 heteroatoms. The van der Waals surface area contributed by atoms with Crippen molar-refractivity contribution >= 4 is 5.91 Å². The zero-order chi connectivity index (χ0) is 9.78. The maximum Gasteiger partial charge on any atom is 0.234 e. The summed E-state index contributed by atoms with van der Waals surface area (Å²) in [6.45, 7) is 6.29. The van der Waals surface area contributed by atoms with E-state index >= 15 is 0 Å². The van der Waals surface area contributed by atoms with Crippen LogP contribution in [0.5, 0.6) is 0 Å². The Labute approximate surface area is 73.2 Å². The number of hydrogen-bond donors (Lipinski definition) is 2. The molecule has 0 bridgehead atoms. The monoisotopic (exact) mass is 174 g/mol.